The molecule has 0 saturated heterocycles. The van der Waals surface area contributed by atoms with Gasteiger partial charge in [-0.15, -0.1) is 0 Å². The number of hydrogen-bond acceptors (Lipinski definition) is 5. The Hall–Kier alpha value is -2.24. The highest BCUT2D eigenvalue weighted by Gasteiger charge is 2.39. The fourth-order valence-corrected chi connectivity index (χ4v) is 2.49. The van der Waals surface area contributed by atoms with Crippen molar-refractivity contribution in [3.8, 4) is 0 Å². The van der Waals surface area contributed by atoms with Crippen molar-refractivity contribution in [1.82, 2.24) is 0 Å². The largest absolute Gasteiger partial charge is 0.465 e. The summed E-state index contributed by atoms with van der Waals surface area (Å²) in [6.07, 6.45) is 0. The summed E-state index contributed by atoms with van der Waals surface area (Å²) in [5, 5.41) is 0. The van der Waals surface area contributed by atoms with Crippen molar-refractivity contribution in [2.75, 3.05) is 6.61 Å². The van der Waals surface area contributed by atoms with E-state index in [2.05, 4.69) is 9.98 Å². The van der Waals surface area contributed by atoms with Gasteiger partial charge in [-0.3, -0.25) is 4.79 Å². The maximum atomic E-state index is 13.1. The summed E-state index contributed by atoms with van der Waals surface area (Å²) in [6, 6.07) is 5.46. The van der Waals surface area contributed by atoms with Gasteiger partial charge in [0.25, 0.3) is 0 Å². The average Bonchev–Trinajstić information content (AvgIpc) is 2.47. The highest BCUT2D eigenvalue weighted by molar-refractivity contribution is 6.17. The molecule has 2 rings (SSSR count). The van der Waals surface area contributed by atoms with Crippen LogP contribution in [0.15, 0.2) is 34.3 Å². The minimum atomic E-state index is -0.641. The molecule has 0 radical (unpaired) electrons. The first-order chi connectivity index (χ1) is 10.4. The van der Waals surface area contributed by atoms with Gasteiger partial charge in [0.1, 0.15) is 11.7 Å². The summed E-state index contributed by atoms with van der Waals surface area (Å²) in [7, 11) is 0. The van der Waals surface area contributed by atoms with Crippen LogP contribution in [0.1, 0.15) is 26.3 Å². The number of carbonyl (C=O) groups is 1. The zero-order valence-corrected chi connectivity index (χ0v) is 12.9. The molecule has 1 aliphatic rings. The Bertz CT molecular complexity index is 608. The highest BCUT2D eigenvalue weighted by atomic mass is 19.1. The van der Waals surface area contributed by atoms with Gasteiger partial charge in [-0.05, 0) is 30.5 Å². The quantitative estimate of drug-likeness (QED) is 0.866. The molecular weight excluding hydrogens is 285 g/mol. The minimum Gasteiger partial charge on any atom is -0.465 e. The SMILES string of the molecule is CCOC(=O)C1C(c2ccc(F)cc2)=NC(N)=NC1C(C)C. The summed E-state index contributed by atoms with van der Waals surface area (Å²) < 4.78 is 18.3. The lowest BCUT2D eigenvalue weighted by Gasteiger charge is -2.29. The van der Waals surface area contributed by atoms with Gasteiger partial charge in [-0.1, -0.05) is 26.0 Å². The van der Waals surface area contributed by atoms with Crippen molar-refractivity contribution in [3.63, 3.8) is 0 Å². The summed E-state index contributed by atoms with van der Waals surface area (Å²) in [5.41, 5.74) is 6.91. The van der Waals surface area contributed by atoms with Gasteiger partial charge < -0.3 is 10.5 Å². The first-order valence-corrected chi connectivity index (χ1v) is 7.28. The second-order valence-electron chi connectivity index (χ2n) is 5.46. The van der Waals surface area contributed by atoms with Gasteiger partial charge >= 0.3 is 5.97 Å². The van der Waals surface area contributed by atoms with E-state index in [-0.39, 0.29) is 36.3 Å². The molecular formula is C16H20FN3O2. The Morgan fingerprint density at radius 1 is 1.36 bits per heavy atom. The summed E-state index contributed by atoms with van der Waals surface area (Å²) in [6.45, 7) is 5.94. The second-order valence-corrected chi connectivity index (χ2v) is 5.46. The molecule has 1 aliphatic heterocycles. The first kappa shape index (κ1) is 16.1. The second kappa shape index (κ2) is 6.68. The van der Waals surface area contributed by atoms with Crippen LogP contribution in [0.5, 0.6) is 0 Å². The van der Waals surface area contributed by atoms with Crippen LogP contribution in [0, 0.1) is 17.7 Å². The number of rotatable bonds is 4. The normalized spacial score (nSPS) is 21.3. The number of nitrogens with zero attached hydrogens (tertiary/aromatic N) is 2. The number of halogens is 1. The number of esters is 1. The van der Waals surface area contributed by atoms with Crippen molar-refractivity contribution < 1.29 is 13.9 Å². The van der Waals surface area contributed by atoms with Gasteiger partial charge in [-0.25, -0.2) is 14.4 Å². The van der Waals surface area contributed by atoms with Gasteiger partial charge in [-0.2, -0.15) is 0 Å². The third-order valence-electron chi connectivity index (χ3n) is 3.52. The van der Waals surface area contributed by atoms with Crippen molar-refractivity contribution in [1.29, 1.82) is 0 Å². The highest BCUT2D eigenvalue weighted by Crippen LogP contribution is 2.26. The molecule has 22 heavy (non-hydrogen) atoms. The topological polar surface area (TPSA) is 77.0 Å². The third-order valence-corrected chi connectivity index (χ3v) is 3.52. The van der Waals surface area contributed by atoms with E-state index < -0.39 is 5.92 Å². The molecule has 2 N–H and O–H groups in total. The van der Waals surface area contributed by atoms with Crippen LogP contribution >= 0.6 is 0 Å². The number of aliphatic imine (C=N–C) groups is 2. The van der Waals surface area contributed by atoms with E-state index in [0.717, 1.165) is 0 Å². The number of hydrogen-bond donors (Lipinski definition) is 1. The average molecular weight is 305 g/mol. The standard InChI is InChI=1S/C16H20FN3O2/c1-4-22-15(21)12-13(9(2)3)19-16(18)20-14(12)10-5-7-11(17)8-6-10/h5-9,12-13H,4H2,1-3H3,(H2,18,19). The molecule has 6 heteroatoms. The molecule has 1 aromatic carbocycles. The van der Waals surface area contributed by atoms with E-state index in [9.17, 15) is 9.18 Å². The Morgan fingerprint density at radius 3 is 2.55 bits per heavy atom. The Balaban J connectivity index is 2.48. The summed E-state index contributed by atoms with van der Waals surface area (Å²) >= 11 is 0. The van der Waals surface area contributed by atoms with Crippen molar-refractivity contribution in [3.05, 3.63) is 35.6 Å². The zero-order valence-electron chi connectivity index (χ0n) is 12.9. The summed E-state index contributed by atoms with van der Waals surface area (Å²) in [5.74, 6) is -1.18. The molecule has 118 valence electrons. The van der Waals surface area contributed by atoms with Crippen LogP contribution in [0.3, 0.4) is 0 Å². The minimum absolute atomic E-state index is 0.0823. The third kappa shape index (κ3) is 3.32. The molecule has 0 spiro atoms. The molecule has 2 unspecified atom stereocenters. The number of benzene rings is 1. The van der Waals surface area contributed by atoms with Crippen LogP contribution in [0.25, 0.3) is 0 Å². The van der Waals surface area contributed by atoms with Gasteiger partial charge in [0.15, 0.2) is 0 Å². The fraction of sp³-hybridized carbons (Fsp3) is 0.438. The van der Waals surface area contributed by atoms with Gasteiger partial charge in [0, 0.05) is 0 Å². The van der Waals surface area contributed by atoms with Gasteiger partial charge in [0.05, 0.1) is 18.4 Å². The molecule has 5 nitrogen and oxygen atoms in total. The maximum Gasteiger partial charge on any atom is 0.317 e. The van der Waals surface area contributed by atoms with E-state index >= 15 is 0 Å². The number of nitrogens with two attached hydrogens (primary N) is 1. The zero-order chi connectivity index (χ0) is 16.3. The van der Waals surface area contributed by atoms with E-state index in [4.69, 9.17) is 10.5 Å². The molecule has 1 heterocycles. The van der Waals surface area contributed by atoms with E-state index in [1.54, 1.807) is 19.1 Å². The van der Waals surface area contributed by atoms with E-state index in [0.29, 0.717) is 11.3 Å². The molecule has 0 amide bonds. The van der Waals surface area contributed by atoms with E-state index in [1.165, 1.54) is 12.1 Å². The number of carbonyl (C=O) groups excluding carboxylic acids is 1. The monoisotopic (exact) mass is 305 g/mol. The number of ether oxygens (including phenoxy) is 1. The van der Waals surface area contributed by atoms with Crippen LogP contribution in [0.2, 0.25) is 0 Å². The summed E-state index contributed by atoms with van der Waals surface area (Å²) in [4.78, 5) is 20.9. The van der Waals surface area contributed by atoms with Gasteiger partial charge in [0.2, 0.25) is 5.96 Å². The lowest BCUT2D eigenvalue weighted by molar-refractivity contribution is -0.146. The molecule has 0 fully saturated rings. The van der Waals surface area contributed by atoms with E-state index in [1.807, 2.05) is 13.8 Å². The lowest BCUT2D eigenvalue weighted by atomic mass is 9.83. The molecule has 0 aromatic heterocycles. The van der Waals surface area contributed by atoms with Crippen molar-refractivity contribution in [2.24, 2.45) is 27.6 Å². The van der Waals surface area contributed by atoms with Crippen molar-refractivity contribution in [2.45, 2.75) is 26.8 Å². The molecule has 1 aromatic rings. The molecule has 0 saturated carbocycles. The van der Waals surface area contributed by atoms with Crippen LogP contribution in [0.4, 0.5) is 4.39 Å². The molecule has 2 atom stereocenters. The molecule has 0 bridgehead atoms. The lowest BCUT2D eigenvalue weighted by Crippen LogP contribution is -2.43. The maximum absolute atomic E-state index is 13.1. The van der Waals surface area contributed by atoms with Crippen LogP contribution in [-0.4, -0.2) is 30.3 Å². The van der Waals surface area contributed by atoms with Crippen LogP contribution < -0.4 is 5.73 Å². The Labute approximate surface area is 129 Å². The Morgan fingerprint density at radius 2 is 2.00 bits per heavy atom. The smallest absolute Gasteiger partial charge is 0.317 e. The predicted octanol–water partition coefficient (Wildman–Crippen LogP) is 2.15. The fourth-order valence-electron chi connectivity index (χ4n) is 2.49. The van der Waals surface area contributed by atoms with Crippen molar-refractivity contribution >= 4 is 17.6 Å². The number of guanidine groups is 1. The Kier molecular flexibility index (Phi) is 4.90. The first-order valence-electron chi connectivity index (χ1n) is 7.28. The molecule has 0 aliphatic carbocycles. The predicted molar refractivity (Wildman–Crippen MR) is 83.3 cm³/mol. The van der Waals surface area contributed by atoms with Crippen LogP contribution in [-0.2, 0) is 9.53 Å².